The van der Waals surface area contributed by atoms with Gasteiger partial charge in [-0.2, -0.15) is 21.6 Å². The van der Waals surface area contributed by atoms with Crippen LogP contribution < -0.4 is 4.13 Å². The zero-order valence-electron chi connectivity index (χ0n) is 6.82. The van der Waals surface area contributed by atoms with E-state index in [-0.39, 0.29) is 39.8 Å². The van der Waals surface area contributed by atoms with Crippen LogP contribution in [0.25, 0.3) is 0 Å². The van der Waals surface area contributed by atoms with Crippen LogP contribution in [0.1, 0.15) is 0 Å². The molecule has 0 aliphatic rings. The maximum atomic E-state index is 12.0. The van der Waals surface area contributed by atoms with Crippen LogP contribution in [0.5, 0.6) is 0 Å². The molecule has 0 bridgehead atoms. The van der Waals surface area contributed by atoms with E-state index in [1.54, 1.807) is 0 Å². The van der Waals surface area contributed by atoms with Gasteiger partial charge in [0.15, 0.2) is 5.25 Å². The minimum atomic E-state index is -5.78. The number of halogens is 4. The molecule has 0 heterocycles. The SMILES string of the molecule is C=CC(C(F)(F)F)S(=O)(=O)NS(=O)(=O)F.[NaH]. The van der Waals surface area contributed by atoms with E-state index in [0.29, 0.717) is 0 Å². The second kappa shape index (κ2) is 5.78. The van der Waals surface area contributed by atoms with Crippen LogP contribution in [-0.4, -0.2) is 57.8 Å². The van der Waals surface area contributed by atoms with E-state index in [0.717, 1.165) is 0 Å². The van der Waals surface area contributed by atoms with Gasteiger partial charge >= 0.3 is 46.1 Å². The third-order valence-electron chi connectivity index (χ3n) is 1.09. The molecular weight excluding hydrogens is 289 g/mol. The van der Waals surface area contributed by atoms with E-state index in [2.05, 4.69) is 6.58 Å². The molecule has 1 atom stereocenters. The average Bonchev–Trinajstić information content (AvgIpc) is 1.75. The van der Waals surface area contributed by atoms with Crippen molar-refractivity contribution in [3.63, 3.8) is 0 Å². The van der Waals surface area contributed by atoms with E-state index < -0.39 is 31.9 Å². The summed E-state index contributed by atoms with van der Waals surface area (Å²) >= 11 is 0. The summed E-state index contributed by atoms with van der Waals surface area (Å²) in [7, 11) is -11.2. The Morgan fingerprint density at radius 1 is 1.19 bits per heavy atom. The van der Waals surface area contributed by atoms with Crippen LogP contribution >= 0.6 is 0 Å². The van der Waals surface area contributed by atoms with Gasteiger partial charge in [-0.25, -0.2) is 8.42 Å². The Labute approximate surface area is 112 Å². The predicted octanol–water partition coefficient (Wildman–Crippen LogP) is -0.411. The Hall–Kier alpha value is 0.320. The molecule has 5 nitrogen and oxygen atoms in total. The average molecular weight is 295 g/mol. The van der Waals surface area contributed by atoms with Gasteiger partial charge in [0.1, 0.15) is 0 Å². The van der Waals surface area contributed by atoms with Gasteiger partial charge in [-0.3, -0.25) is 0 Å². The second-order valence-electron chi connectivity index (χ2n) is 2.26. The van der Waals surface area contributed by atoms with E-state index in [1.165, 1.54) is 0 Å². The zero-order valence-corrected chi connectivity index (χ0v) is 8.46. The quantitative estimate of drug-likeness (QED) is 0.331. The fourth-order valence-corrected chi connectivity index (χ4v) is 2.76. The molecule has 1 N–H and O–H groups in total. The Morgan fingerprint density at radius 2 is 1.56 bits per heavy atom. The van der Waals surface area contributed by atoms with E-state index in [4.69, 9.17) is 0 Å². The third-order valence-corrected chi connectivity index (χ3v) is 3.94. The van der Waals surface area contributed by atoms with Crippen molar-refractivity contribution >= 4 is 50.0 Å². The molecular formula is C4H6F4NNaO4S2. The molecule has 0 rings (SSSR count). The number of sulfonamides is 1. The standard InChI is InChI=1S/C4H5F4NO4S2.Na.H/c1-2-3(4(5,6)7)14(10,11)9-15(8,12)13;;/h2-3,9H,1H2;;. The molecule has 0 amide bonds. The number of nitrogens with one attached hydrogen (secondary N) is 1. The normalized spacial score (nSPS) is 15.0. The molecule has 0 aliphatic heterocycles. The van der Waals surface area contributed by atoms with Crippen LogP contribution in [0.4, 0.5) is 17.1 Å². The molecule has 0 fully saturated rings. The number of rotatable bonds is 4. The van der Waals surface area contributed by atoms with Crippen LogP contribution in [0.2, 0.25) is 0 Å². The molecule has 0 spiro atoms. The fraction of sp³-hybridized carbons (Fsp3) is 0.500. The molecule has 0 saturated carbocycles. The summed E-state index contributed by atoms with van der Waals surface area (Å²) in [4.78, 5) is 0. The van der Waals surface area contributed by atoms with Gasteiger partial charge in [0.25, 0.3) is 0 Å². The molecule has 0 radical (unpaired) electrons. The van der Waals surface area contributed by atoms with E-state index in [1.807, 2.05) is 0 Å². The fourth-order valence-electron chi connectivity index (χ4n) is 0.627. The van der Waals surface area contributed by atoms with Gasteiger partial charge in [0, 0.05) is 0 Å². The number of hydrogen-bond acceptors (Lipinski definition) is 4. The monoisotopic (exact) mass is 295 g/mol. The Kier molecular flexibility index (Phi) is 6.74. The number of hydrogen-bond donors (Lipinski definition) is 1. The summed E-state index contributed by atoms with van der Waals surface area (Å²) in [5.74, 6) is 0. The van der Waals surface area contributed by atoms with Crippen LogP contribution in [-0.2, 0) is 20.4 Å². The first kappa shape index (κ1) is 18.7. The minimum absolute atomic E-state index is 0. The molecule has 12 heteroatoms. The summed E-state index contributed by atoms with van der Waals surface area (Å²) in [6.45, 7) is 2.57. The first-order valence-corrected chi connectivity index (χ1v) is 5.99. The van der Waals surface area contributed by atoms with Gasteiger partial charge in [0.05, 0.1) is 0 Å². The van der Waals surface area contributed by atoms with Gasteiger partial charge in [0.2, 0.25) is 10.0 Å². The summed E-state index contributed by atoms with van der Waals surface area (Å²) in [5.41, 5.74) is 0. The first-order chi connectivity index (χ1) is 6.40. The van der Waals surface area contributed by atoms with Gasteiger partial charge in [-0.1, -0.05) is 14.1 Å². The molecule has 92 valence electrons. The summed E-state index contributed by atoms with van der Waals surface area (Å²) in [6, 6.07) is 0. The molecule has 0 aliphatic carbocycles. The first-order valence-electron chi connectivity index (χ1n) is 3.06. The zero-order chi connectivity index (χ0) is 12.5. The maximum absolute atomic E-state index is 12.0. The van der Waals surface area contributed by atoms with Crippen LogP contribution in [0.3, 0.4) is 0 Å². The Bertz CT molecular complexity index is 441. The molecule has 0 saturated heterocycles. The van der Waals surface area contributed by atoms with Crippen molar-refractivity contribution in [3.05, 3.63) is 12.7 Å². The van der Waals surface area contributed by atoms with Crippen molar-refractivity contribution in [1.82, 2.24) is 4.13 Å². The Balaban J connectivity index is 0. The number of alkyl halides is 3. The van der Waals surface area contributed by atoms with Crippen molar-refractivity contribution in [1.29, 1.82) is 0 Å². The van der Waals surface area contributed by atoms with Crippen molar-refractivity contribution < 1.29 is 33.9 Å². The predicted molar refractivity (Wildman–Crippen MR) is 49.3 cm³/mol. The van der Waals surface area contributed by atoms with Crippen molar-refractivity contribution in [2.24, 2.45) is 0 Å². The van der Waals surface area contributed by atoms with Crippen molar-refractivity contribution in [2.75, 3.05) is 0 Å². The van der Waals surface area contributed by atoms with Gasteiger partial charge < -0.3 is 0 Å². The topological polar surface area (TPSA) is 80.3 Å². The van der Waals surface area contributed by atoms with Crippen LogP contribution in [0.15, 0.2) is 12.7 Å². The van der Waals surface area contributed by atoms with E-state index >= 15 is 0 Å². The molecule has 1 unspecified atom stereocenters. The molecule has 16 heavy (non-hydrogen) atoms. The summed E-state index contributed by atoms with van der Waals surface area (Å²) < 4.78 is 89.1. The molecule has 0 aromatic heterocycles. The van der Waals surface area contributed by atoms with Crippen LogP contribution in [0, 0.1) is 0 Å². The van der Waals surface area contributed by atoms with E-state index in [9.17, 15) is 33.9 Å². The second-order valence-corrected chi connectivity index (χ2v) is 5.40. The van der Waals surface area contributed by atoms with Gasteiger partial charge in [-0.15, -0.1) is 6.58 Å². The molecule has 0 aromatic carbocycles. The summed E-state index contributed by atoms with van der Waals surface area (Å²) in [6.07, 6.45) is -5.34. The third kappa shape index (κ3) is 6.15. The van der Waals surface area contributed by atoms with Crippen molar-refractivity contribution in [2.45, 2.75) is 11.4 Å². The van der Waals surface area contributed by atoms with Gasteiger partial charge in [-0.05, 0) is 0 Å². The Morgan fingerprint density at radius 3 is 1.75 bits per heavy atom. The molecule has 0 aromatic rings. The summed E-state index contributed by atoms with van der Waals surface area (Å²) in [5, 5.41) is -3.20. The van der Waals surface area contributed by atoms with Crippen molar-refractivity contribution in [3.8, 4) is 0 Å².